The van der Waals surface area contributed by atoms with Crippen LogP contribution >= 0.6 is 27.5 Å². The molecule has 16 heavy (non-hydrogen) atoms. The summed E-state index contributed by atoms with van der Waals surface area (Å²) < 4.78 is 5.06. The second-order valence-corrected chi connectivity index (χ2v) is 5.08. The molecule has 1 aromatic heterocycles. The lowest BCUT2D eigenvalue weighted by molar-refractivity contribution is 0.0873. The molecule has 0 radical (unpaired) electrons. The highest BCUT2D eigenvalue weighted by Crippen LogP contribution is 2.18. The van der Waals surface area contributed by atoms with Crippen molar-refractivity contribution in [3.63, 3.8) is 0 Å². The Morgan fingerprint density at radius 3 is 2.75 bits per heavy atom. The van der Waals surface area contributed by atoms with Crippen molar-refractivity contribution < 1.29 is 9.21 Å². The molecule has 1 aromatic rings. The fraction of sp³-hybridized carbons (Fsp3) is 0.545. The number of amides is 1. The molecule has 0 fully saturated rings. The average Bonchev–Trinajstić information content (AvgIpc) is 2.65. The van der Waals surface area contributed by atoms with Crippen molar-refractivity contribution in [1.29, 1.82) is 0 Å². The van der Waals surface area contributed by atoms with Gasteiger partial charge in [0, 0.05) is 10.9 Å². The minimum absolute atomic E-state index is 0.222. The fourth-order valence-corrected chi connectivity index (χ4v) is 2.33. The maximum atomic E-state index is 11.8. The minimum atomic E-state index is -0.225. The van der Waals surface area contributed by atoms with Gasteiger partial charge in [-0.25, -0.2) is 0 Å². The summed E-state index contributed by atoms with van der Waals surface area (Å²) in [6.07, 6.45) is 1.72. The van der Waals surface area contributed by atoms with E-state index in [1.54, 1.807) is 12.1 Å². The Hall–Kier alpha value is -0.480. The van der Waals surface area contributed by atoms with E-state index in [2.05, 4.69) is 21.2 Å². The molecular formula is C11H15BrClNO2. The summed E-state index contributed by atoms with van der Waals surface area (Å²) in [5.74, 6) is 0.0245. The van der Waals surface area contributed by atoms with Crippen LogP contribution in [0.4, 0.5) is 0 Å². The van der Waals surface area contributed by atoms with Crippen LogP contribution in [0, 0.1) is 0 Å². The number of alkyl halides is 1. The zero-order valence-electron chi connectivity index (χ0n) is 9.35. The van der Waals surface area contributed by atoms with Gasteiger partial charge in [-0.2, -0.15) is 0 Å². The maximum absolute atomic E-state index is 11.8. The fourth-order valence-electron chi connectivity index (χ4n) is 1.31. The number of nitrogens with one attached hydrogen (secondary N) is 1. The highest BCUT2D eigenvalue weighted by atomic mass is 79.9. The number of carbonyl (C=O) groups is 1. The van der Waals surface area contributed by atoms with E-state index in [0.717, 1.165) is 18.2 Å². The van der Waals surface area contributed by atoms with Gasteiger partial charge in [-0.1, -0.05) is 22.9 Å². The Labute approximate surface area is 109 Å². The summed E-state index contributed by atoms with van der Waals surface area (Å²) in [7, 11) is 0. The zero-order valence-corrected chi connectivity index (χ0v) is 11.7. The highest BCUT2D eigenvalue weighted by molar-refractivity contribution is 9.09. The third-order valence-electron chi connectivity index (χ3n) is 2.64. The van der Waals surface area contributed by atoms with Crippen LogP contribution in [0.5, 0.6) is 0 Å². The molecule has 0 saturated heterocycles. The van der Waals surface area contributed by atoms with Gasteiger partial charge < -0.3 is 9.73 Å². The molecule has 0 bridgehead atoms. The molecule has 0 aliphatic rings. The SMILES string of the molecule is CCC(C)(CCBr)NC(=O)c1ccc(Cl)o1. The third-order valence-corrected chi connectivity index (χ3v) is 3.24. The van der Waals surface area contributed by atoms with Crippen molar-refractivity contribution in [2.24, 2.45) is 0 Å². The van der Waals surface area contributed by atoms with Crippen molar-refractivity contribution in [2.45, 2.75) is 32.2 Å². The second-order valence-electron chi connectivity index (χ2n) is 3.91. The van der Waals surface area contributed by atoms with E-state index in [1.807, 2.05) is 13.8 Å². The summed E-state index contributed by atoms with van der Waals surface area (Å²) >= 11 is 9.00. The number of halogens is 2. The third kappa shape index (κ3) is 3.52. The summed E-state index contributed by atoms with van der Waals surface area (Å²) in [6, 6.07) is 3.13. The number of hydrogen-bond donors (Lipinski definition) is 1. The van der Waals surface area contributed by atoms with Crippen LogP contribution in [0.2, 0.25) is 5.22 Å². The van der Waals surface area contributed by atoms with E-state index in [0.29, 0.717) is 0 Å². The van der Waals surface area contributed by atoms with Crippen LogP contribution < -0.4 is 5.32 Å². The zero-order chi connectivity index (χ0) is 12.2. The Kier molecular flexibility index (Phi) is 4.87. The molecule has 0 aliphatic heterocycles. The van der Waals surface area contributed by atoms with E-state index in [4.69, 9.17) is 16.0 Å². The van der Waals surface area contributed by atoms with Gasteiger partial charge in [0.25, 0.3) is 5.91 Å². The largest absolute Gasteiger partial charge is 0.440 e. The van der Waals surface area contributed by atoms with Gasteiger partial charge in [0.15, 0.2) is 11.0 Å². The molecule has 3 nitrogen and oxygen atoms in total. The smallest absolute Gasteiger partial charge is 0.287 e. The number of furan rings is 1. The Bertz CT molecular complexity index is 367. The minimum Gasteiger partial charge on any atom is -0.440 e. The Morgan fingerprint density at radius 1 is 1.62 bits per heavy atom. The Balaban J connectivity index is 2.69. The summed E-state index contributed by atoms with van der Waals surface area (Å²) in [4.78, 5) is 11.8. The second kappa shape index (κ2) is 5.73. The summed E-state index contributed by atoms with van der Waals surface area (Å²) in [6.45, 7) is 4.05. The maximum Gasteiger partial charge on any atom is 0.287 e. The quantitative estimate of drug-likeness (QED) is 0.844. The first-order valence-corrected chi connectivity index (χ1v) is 6.64. The summed E-state index contributed by atoms with van der Waals surface area (Å²) in [5.41, 5.74) is -0.222. The molecular weight excluding hydrogens is 293 g/mol. The van der Waals surface area contributed by atoms with Crippen LogP contribution in [0.25, 0.3) is 0 Å². The van der Waals surface area contributed by atoms with Gasteiger partial charge in [-0.05, 0) is 43.5 Å². The van der Waals surface area contributed by atoms with Gasteiger partial charge in [-0.3, -0.25) is 4.79 Å². The van der Waals surface area contributed by atoms with Crippen LogP contribution in [0.15, 0.2) is 16.5 Å². The number of rotatable bonds is 5. The molecule has 1 N–H and O–H groups in total. The normalized spacial score (nSPS) is 14.5. The lowest BCUT2D eigenvalue weighted by Crippen LogP contribution is -2.45. The molecule has 5 heteroatoms. The molecule has 1 rings (SSSR count). The predicted molar refractivity (Wildman–Crippen MR) is 68.3 cm³/mol. The van der Waals surface area contributed by atoms with Gasteiger partial charge in [0.1, 0.15) is 0 Å². The van der Waals surface area contributed by atoms with Gasteiger partial charge >= 0.3 is 0 Å². The topological polar surface area (TPSA) is 42.2 Å². The molecule has 0 saturated carbocycles. The molecule has 0 aromatic carbocycles. The molecule has 0 spiro atoms. The lowest BCUT2D eigenvalue weighted by Gasteiger charge is -2.28. The van der Waals surface area contributed by atoms with E-state index >= 15 is 0 Å². The lowest BCUT2D eigenvalue weighted by atomic mass is 9.95. The van der Waals surface area contributed by atoms with Gasteiger partial charge in [0.05, 0.1) is 0 Å². The van der Waals surface area contributed by atoms with E-state index in [1.165, 1.54) is 0 Å². The van der Waals surface area contributed by atoms with Crippen molar-refractivity contribution in [2.75, 3.05) is 5.33 Å². The van der Waals surface area contributed by atoms with Crippen molar-refractivity contribution in [3.05, 3.63) is 23.1 Å². The van der Waals surface area contributed by atoms with E-state index in [-0.39, 0.29) is 22.4 Å². The first kappa shape index (κ1) is 13.6. The van der Waals surface area contributed by atoms with E-state index < -0.39 is 0 Å². The van der Waals surface area contributed by atoms with Crippen LogP contribution in [0.3, 0.4) is 0 Å². The molecule has 1 unspecified atom stereocenters. The van der Waals surface area contributed by atoms with Crippen LogP contribution in [-0.2, 0) is 0 Å². The Morgan fingerprint density at radius 2 is 2.31 bits per heavy atom. The number of carbonyl (C=O) groups excluding carboxylic acids is 1. The highest BCUT2D eigenvalue weighted by Gasteiger charge is 2.25. The first-order valence-electron chi connectivity index (χ1n) is 5.14. The predicted octanol–water partition coefficient (Wildman–Crippen LogP) is 3.62. The molecule has 1 atom stereocenters. The average molecular weight is 309 g/mol. The molecule has 0 aliphatic carbocycles. The number of hydrogen-bond acceptors (Lipinski definition) is 2. The van der Waals surface area contributed by atoms with E-state index in [9.17, 15) is 4.79 Å². The standard InChI is InChI=1S/C11H15BrClNO2/c1-3-11(2,6-7-12)14-10(15)8-4-5-9(13)16-8/h4-5H,3,6-7H2,1-2H3,(H,14,15). The molecule has 1 heterocycles. The van der Waals surface area contributed by atoms with Crippen LogP contribution in [-0.4, -0.2) is 16.8 Å². The molecule has 1 amide bonds. The van der Waals surface area contributed by atoms with Crippen molar-refractivity contribution >= 4 is 33.4 Å². The molecule has 90 valence electrons. The van der Waals surface area contributed by atoms with Crippen molar-refractivity contribution in [1.82, 2.24) is 5.32 Å². The summed E-state index contributed by atoms with van der Waals surface area (Å²) in [5, 5.41) is 4.02. The van der Waals surface area contributed by atoms with Gasteiger partial charge in [-0.15, -0.1) is 0 Å². The van der Waals surface area contributed by atoms with Crippen LogP contribution in [0.1, 0.15) is 37.2 Å². The first-order chi connectivity index (χ1) is 7.50. The monoisotopic (exact) mass is 307 g/mol. The van der Waals surface area contributed by atoms with Crippen molar-refractivity contribution in [3.8, 4) is 0 Å². The van der Waals surface area contributed by atoms with Gasteiger partial charge in [0.2, 0.25) is 0 Å².